The van der Waals surface area contributed by atoms with Crippen molar-refractivity contribution in [3.63, 3.8) is 0 Å². The van der Waals surface area contributed by atoms with Gasteiger partial charge in [-0.3, -0.25) is 23.7 Å². The number of hydrogen-bond acceptors (Lipinski definition) is 6. The SMILES string of the molecule is O=C(Cn1c2c(sc1=O)[C@H](c1cccc(Br)c1)C1C(=O)N(c3ccc(F)cc3)C(=O)C1S2)Nc1ccc(Cl)c(Cl)c1. The molecule has 0 spiro atoms. The number of carbonyl (C=O) groups is 3. The van der Waals surface area contributed by atoms with Gasteiger partial charge in [-0.1, -0.05) is 74.4 Å². The van der Waals surface area contributed by atoms with E-state index in [0.717, 1.165) is 38.0 Å². The summed E-state index contributed by atoms with van der Waals surface area (Å²) in [5, 5.41) is 2.92. The Hall–Kier alpha value is -2.96. The number of hydrogen-bond donors (Lipinski definition) is 1. The van der Waals surface area contributed by atoms with Crippen LogP contribution in [0, 0.1) is 11.7 Å². The van der Waals surface area contributed by atoms with Crippen LogP contribution in [0.15, 0.2) is 81.0 Å². The second-order valence-electron chi connectivity index (χ2n) is 9.39. The summed E-state index contributed by atoms with van der Waals surface area (Å²) >= 11 is 17.6. The minimum absolute atomic E-state index is 0.267. The molecule has 0 aliphatic carbocycles. The lowest BCUT2D eigenvalue weighted by molar-refractivity contribution is -0.122. The Morgan fingerprint density at radius 1 is 0.976 bits per heavy atom. The van der Waals surface area contributed by atoms with E-state index in [2.05, 4.69) is 21.2 Å². The van der Waals surface area contributed by atoms with Crippen LogP contribution in [-0.4, -0.2) is 27.5 Å². The van der Waals surface area contributed by atoms with Crippen LogP contribution in [0.25, 0.3) is 0 Å². The van der Waals surface area contributed by atoms with Crippen LogP contribution < -0.4 is 15.1 Å². The number of anilines is 2. The number of rotatable bonds is 5. The molecule has 41 heavy (non-hydrogen) atoms. The van der Waals surface area contributed by atoms with Crippen LogP contribution >= 0.6 is 62.2 Å². The zero-order valence-corrected chi connectivity index (χ0v) is 25.4. The molecule has 0 bridgehead atoms. The second kappa shape index (κ2) is 11.0. The van der Waals surface area contributed by atoms with E-state index in [1.54, 1.807) is 12.1 Å². The monoisotopic (exact) mass is 691 g/mol. The molecule has 3 atom stereocenters. The molecule has 208 valence electrons. The summed E-state index contributed by atoms with van der Waals surface area (Å²) in [4.78, 5) is 55.1. The van der Waals surface area contributed by atoms with Gasteiger partial charge < -0.3 is 5.32 Å². The Bertz CT molecular complexity index is 1800. The van der Waals surface area contributed by atoms with Crippen LogP contribution in [0.2, 0.25) is 10.0 Å². The number of nitrogens with one attached hydrogen (secondary N) is 1. The van der Waals surface area contributed by atoms with Crippen LogP contribution in [-0.2, 0) is 20.9 Å². The van der Waals surface area contributed by atoms with Gasteiger partial charge in [0.25, 0.3) is 0 Å². The number of thioether (sulfide) groups is 1. The normalized spacial score (nSPS) is 19.7. The fourth-order valence-corrected chi connectivity index (χ4v) is 8.57. The summed E-state index contributed by atoms with van der Waals surface area (Å²) in [7, 11) is 0. The number of carbonyl (C=O) groups excluding carboxylic acids is 3. The maximum absolute atomic E-state index is 13.9. The van der Waals surface area contributed by atoms with Crippen LogP contribution in [0.4, 0.5) is 15.8 Å². The summed E-state index contributed by atoms with van der Waals surface area (Å²) in [6, 6.07) is 17.2. The number of fused-ring (bicyclic) bond motifs is 2. The quantitative estimate of drug-likeness (QED) is 0.240. The van der Waals surface area contributed by atoms with Crippen molar-refractivity contribution < 1.29 is 18.8 Å². The number of aromatic nitrogens is 1. The lowest BCUT2D eigenvalue weighted by Crippen LogP contribution is -2.33. The highest BCUT2D eigenvalue weighted by atomic mass is 79.9. The maximum Gasteiger partial charge on any atom is 0.308 e. The van der Waals surface area contributed by atoms with Crippen molar-refractivity contribution in [2.75, 3.05) is 10.2 Å². The molecule has 0 radical (unpaired) electrons. The lowest BCUT2D eigenvalue weighted by Gasteiger charge is -2.30. The van der Waals surface area contributed by atoms with Gasteiger partial charge in [-0.15, -0.1) is 0 Å². The highest BCUT2D eigenvalue weighted by molar-refractivity contribution is 9.10. The first kappa shape index (κ1) is 28.2. The summed E-state index contributed by atoms with van der Waals surface area (Å²) in [6.45, 7) is -0.315. The van der Waals surface area contributed by atoms with E-state index < -0.39 is 40.6 Å². The molecule has 2 aliphatic rings. The molecule has 13 heteroatoms. The summed E-state index contributed by atoms with van der Waals surface area (Å²) in [5.74, 6) is -3.29. The molecule has 4 aromatic rings. The van der Waals surface area contributed by atoms with Gasteiger partial charge in [0, 0.05) is 21.0 Å². The number of benzene rings is 3. The van der Waals surface area contributed by atoms with Crippen molar-refractivity contribution >= 4 is 91.3 Å². The molecule has 2 aliphatic heterocycles. The van der Waals surface area contributed by atoms with Gasteiger partial charge in [-0.05, 0) is 60.2 Å². The number of nitrogens with zero attached hydrogens (tertiary/aromatic N) is 2. The zero-order chi connectivity index (χ0) is 29.0. The average molecular weight is 693 g/mol. The molecule has 3 amide bonds. The first-order valence-electron chi connectivity index (χ1n) is 12.2. The van der Waals surface area contributed by atoms with Crippen molar-refractivity contribution in [1.29, 1.82) is 0 Å². The fourth-order valence-electron chi connectivity index (χ4n) is 5.08. The number of thiazole rings is 1. The standard InChI is InChI=1S/C28H17BrCl2FN3O4S2/c29-14-3-1-2-13(10-14)21-22-23(26(38)35(25(22)37)17-7-4-15(32)5-8-17)40-27-24(21)41-28(39)34(27)12-20(36)33-16-6-9-18(30)19(31)11-16/h1-11,21-23H,12H2,(H,33,36)/t21-,22?,23?/m1/s1. The van der Waals surface area contributed by atoms with Crippen molar-refractivity contribution in [3.05, 3.63) is 107 Å². The Labute approximate surface area is 259 Å². The molecule has 1 fully saturated rings. The predicted molar refractivity (Wildman–Crippen MR) is 162 cm³/mol. The van der Waals surface area contributed by atoms with Gasteiger partial charge in [-0.2, -0.15) is 0 Å². The topological polar surface area (TPSA) is 88.5 Å². The summed E-state index contributed by atoms with van der Waals surface area (Å²) in [5.41, 5.74) is 1.42. The van der Waals surface area contributed by atoms with Crippen LogP contribution in [0.3, 0.4) is 0 Å². The van der Waals surface area contributed by atoms with Crippen LogP contribution in [0.5, 0.6) is 0 Å². The van der Waals surface area contributed by atoms with E-state index in [1.807, 2.05) is 24.3 Å². The van der Waals surface area contributed by atoms with Gasteiger partial charge in [0.1, 0.15) is 17.6 Å². The van der Waals surface area contributed by atoms with E-state index in [0.29, 0.717) is 20.6 Å². The largest absolute Gasteiger partial charge is 0.324 e. The number of amides is 3. The van der Waals surface area contributed by atoms with Crippen molar-refractivity contribution in [3.8, 4) is 0 Å². The molecule has 1 saturated heterocycles. The first-order valence-corrected chi connectivity index (χ1v) is 15.4. The third-order valence-corrected chi connectivity index (χ3v) is 10.7. The second-order valence-corrected chi connectivity index (χ2v) is 13.2. The van der Waals surface area contributed by atoms with Gasteiger partial charge >= 0.3 is 4.87 Å². The molecular weight excluding hydrogens is 676 g/mol. The van der Waals surface area contributed by atoms with E-state index in [-0.39, 0.29) is 22.1 Å². The molecule has 1 aromatic heterocycles. The van der Waals surface area contributed by atoms with Crippen molar-refractivity contribution in [2.24, 2.45) is 5.92 Å². The van der Waals surface area contributed by atoms with E-state index >= 15 is 0 Å². The molecule has 3 aromatic carbocycles. The molecular formula is C28H17BrCl2FN3O4S2. The summed E-state index contributed by atoms with van der Waals surface area (Å²) < 4.78 is 15.7. The Balaban J connectivity index is 1.40. The summed E-state index contributed by atoms with van der Waals surface area (Å²) in [6.07, 6.45) is 0. The van der Waals surface area contributed by atoms with E-state index in [4.69, 9.17) is 23.2 Å². The molecule has 6 rings (SSSR count). The van der Waals surface area contributed by atoms with E-state index in [9.17, 15) is 23.6 Å². The third-order valence-electron chi connectivity index (χ3n) is 6.85. The molecule has 1 N–H and O–H groups in total. The number of halogens is 4. The fraction of sp³-hybridized carbons (Fsp3) is 0.143. The minimum Gasteiger partial charge on any atom is -0.324 e. The van der Waals surface area contributed by atoms with Crippen molar-refractivity contribution in [2.45, 2.75) is 22.7 Å². The van der Waals surface area contributed by atoms with Crippen molar-refractivity contribution in [1.82, 2.24) is 4.57 Å². The van der Waals surface area contributed by atoms with Gasteiger partial charge in [-0.25, -0.2) is 9.29 Å². The van der Waals surface area contributed by atoms with Crippen LogP contribution in [0.1, 0.15) is 16.4 Å². The van der Waals surface area contributed by atoms with Gasteiger partial charge in [0.2, 0.25) is 17.7 Å². The zero-order valence-electron chi connectivity index (χ0n) is 20.6. The molecule has 3 heterocycles. The van der Waals surface area contributed by atoms with Gasteiger partial charge in [0.05, 0.1) is 26.7 Å². The Kier molecular flexibility index (Phi) is 7.58. The predicted octanol–water partition coefficient (Wildman–Crippen LogP) is 6.55. The third kappa shape index (κ3) is 5.14. The Morgan fingerprint density at radius 3 is 2.44 bits per heavy atom. The highest BCUT2D eigenvalue weighted by Crippen LogP contribution is 2.54. The number of imide groups is 1. The average Bonchev–Trinajstić information content (AvgIpc) is 3.37. The first-order chi connectivity index (χ1) is 19.6. The smallest absolute Gasteiger partial charge is 0.308 e. The maximum atomic E-state index is 13.9. The van der Waals surface area contributed by atoms with E-state index in [1.165, 1.54) is 34.9 Å². The minimum atomic E-state index is -0.859. The highest BCUT2D eigenvalue weighted by Gasteiger charge is 2.56. The molecule has 7 nitrogen and oxygen atoms in total. The Morgan fingerprint density at radius 2 is 1.73 bits per heavy atom. The molecule has 2 unspecified atom stereocenters. The molecule has 0 saturated carbocycles. The van der Waals surface area contributed by atoms with Gasteiger partial charge in [0.15, 0.2) is 0 Å². The lowest BCUT2D eigenvalue weighted by atomic mass is 9.83.